The SMILES string of the molecule is COCCNC(=S)NC(C)c1ccccc1OC. The first-order valence-corrected chi connectivity index (χ1v) is 6.26. The molecule has 0 heterocycles. The van der Waals surface area contributed by atoms with Crippen LogP contribution in [-0.4, -0.2) is 32.5 Å². The first-order valence-electron chi connectivity index (χ1n) is 5.85. The lowest BCUT2D eigenvalue weighted by atomic mass is 10.1. The van der Waals surface area contributed by atoms with Gasteiger partial charge < -0.3 is 20.1 Å². The van der Waals surface area contributed by atoms with Crippen LogP contribution in [0.15, 0.2) is 24.3 Å². The smallest absolute Gasteiger partial charge is 0.166 e. The molecule has 0 aliphatic rings. The van der Waals surface area contributed by atoms with Crippen LogP contribution in [0.25, 0.3) is 0 Å². The van der Waals surface area contributed by atoms with Crippen molar-refractivity contribution in [3.63, 3.8) is 0 Å². The molecule has 1 unspecified atom stereocenters. The highest BCUT2D eigenvalue weighted by Gasteiger charge is 2.11. The topological polar surface area (TPSA) is 42.5 Å². The Morgan fingerprint density at radius 3 is 2.72 bits per heavy atom. The summed E-state index contributed by atoms with van der Waals surface area (Å²) >= 11 is 5.20. The summed E-state index contributed by atoms with van der Waals surface area (Å²) in [6.07, 6.45) is 0. The van der Waals surface area contributed by atoms with E-state index in [1.54, 1.807) is 14.2 Å². The number of rotatable bonds is 6. The molecule has 1 atom stereocenters. The quantitative estimate of drug-likeness (QED) is 0.609. The van der Waals surface area contributed by atoms with Gasteiger partial charge in [-0.1, -0.05) is 18.2 Å². The van der Waals surface area contributed by atoms with Crippen LogP contribution in [-0.2, 0) is 4.74 Å². The zero-order valence-corrected chi connectivity index (χ0v) is 11.8. The molecule has 0 spiro atoms. The number of thiocarbonyl (C=S) groups is 1. The second-order valence-corrected chi connectivity index (χ2v) is 4.26. The second-order valence-electron chi connectivity index (χ2n) is 3.86. The summed E-state index contributed by atoms with van der Waals surface area (Å²) in [5, 5.41) is 6.91. The van der Waals surface area contributed by atoms with Crippen molar-refractivity contribution in [2.24, 2.45) is 0 Å². The van der Waals surface area contributed by atoms with Crippen LogP contribution < -0.4 is 15.4 Å². The van der Waals surface area contributed by atoms with Crippen molar-refractivity contribution in [2.75, 3.05) is 27.4 Å². The van der Waals surface area contributed by atoms with Crippen molar-refractivity contribution in [2.45, 2.75) is 13.0 Å². The van der Waals surface area contributed by atoms with Crippen LogP contribution in [0.5, 0.6) is 5.75 Å². The van der Waals surface area contributed by atoms with Crippen LogP contribution in [0.1, 0.15) is 18.5 Å². The highest BCUT2D eigenvalue weighted by molar-refractivity contribution is 7.80. The lowest BCUT2D eigenvalue weighted by Crippen LogP contribution is -2.38. The van der Waals surface area contributed by atoms with Crippen molar-refractivity contribution >= 4 is 17.3 Å². The van der Waals surface area contributed by atoms with Gasteiger partial charge in [0.25, 0.3) is 0 Å². The highest BCUT2D eigenvalue weighted by atomic mass is 32.1. The number of benzene rings is 1. The molecule has 2 N–H and O–H groups in total. The predicted molar refractivity (Wildman–Crippen MR) is 77.0 cm³/mol. The molecule has 0 aliphatic carbocycles. The molecule has 4 nitrogen and oxygen atoms in total. The van der Waals surface area contributed by atoms with Gasteiger partial charge in [-0.2, -0.15) is 0 Å². The van der Waals surface area contributed by atoms with Crippen LogP contribution in [0, 0.1) is 0 Å². The number of methoxy groups -OCH3 is 2. The average Bonchev–Trinajstić information content (AvgIpc) is 2.39. The van der Waals surface area contributed by atoms with Crippen molar-refractivity contribution in [3.05, 3.63) is 29.8 Å². The summed E-state index contributed by atoms with van der Waals surface area (Å²) in [5.74, 6) is 0.859. The minimum atomic E-state index is 0.0868. The first kappa shape index (κ1) is 14.7. The maximum absolute atomic E-state index is 5.32. The minimum absolute atomic E-state index is 0.0868. The van der Waals surface area contributed by atoms with E-state index in [4.69, 9.17) is 21.7 Å². The fourth-order valence-electron chi connectivity index (χ4n) is 1.62. The second kappa shape index (κ2) is 7.89. The zero-order chi connectivity index (χ0) is 13.4. The summed E-state index contributed by atoms with van der Waals surface area (Å²) in [5.41, 5.74) is 1.08. The van der Waals surface area contributed by atoms with Gasteiger partial charge in [0.1, 0.15) is 5.75 Å². The number of hydrogen-bond acceptors (Lipinski definition) is 3. The van der Waals surface area contributed by atoms with Crippen LogP contribution >= 0.6 is 12.2 Å². The molecule has 1 rings (SSSR count). The molecule has 100 valence electrons. The fraction of sp³-hybridized carbons (Fsp3) is 0.462. The van der Waals surface area contributed by atoms with Gasteiger partial charge in [0, 0.05) is 19.2 Å². The van der Waals surface area contributed by atoms with Gasteiger partial charge >= 0.3 is 0 Å². The molecule has 0 radical (unpaired) electrons. The third-order valence-electron chi connectivity index (χ3n) is 2.54. The molecule has 18 heavy (non-hydrogen) atoms. The Hall–Kier alpha value is -1.33. The van der Waals surface area contributed by atoms with E-state index in [1.165, 1.54) is 0 Å². The lowest BCUT2D eigenvalue weighted by molar-refractivity contribution is 0.204. The van der Waals surface area contributed by atoms with Gasteiger partial charge in [0.05, 0.1) is 19.8 Å². The van der Waals surface area contributed by atoms with Gasteiger partial charge in [-0.15, -0.1) is 0 Å². The number of hydrogen-bond donors (Lipinski definition) is 2. The van der Waals surface area contributed by atoms with E-state index in [-0.39, 0.29) is 6.04 Å². The molecule has 0 amide bonds. The molecule has 0 aromatic heterocycles. The van der Waals surface area contributed by atoms with E-state index >= 15 is 0 Å². The maximum atomic E-state index is 5.32. The van der Waals surface area contributed by atoms with Crippen molar-refractivity contribution in [1.82, 2.24) is 10.6 Å². The molecule has 5 heteroatoms. The lowest BCUT2D eigenvalue weighted by Gasteiger charge is -2.19. The highest BCUT2D eigenvalue weighted by Crippen LogP contribution is 2.23. The molecule has 0 fully saturated rings. The first-order chi connectivity index (χ1) is 8.69. The van der Waals surface area contributed by atoms with E-state index in [9.17, 15) is 0 Å². The number of para-hydroxylation sites is 1. The van der Waals surface area contributed by atoms with Crippen LogP contribution in [0.4, 0.5) is 0 Å². The Labute approximate surface area is 114 Å². The Morgan fingerprint density at radius 2 is 2.06 bits per heavy atom. The standard InChI is InChI=1S/C13H20N2O2S/c1-10(15-13(18)14-8-9-16-2)11-6-4-5-7-12(11)17-3/h4-7,10H,8-9H2,1-3H3,(H2,14,15,18). The number of ether oxygens (including phenoxy) is 2. The summed E-state index contributed by atoms with van der Waals surface area (Å²) in [6.45, 7) is 3.37. The molecular weight excluding hydrogens is 248 g/mol. The van der Waals surface area contributed by atoms with E-state index in [2.05, 4.69) is 10.6 Å². The fourth-order valence-corrected chi connectivity index (χ4v) is 1.90. The van der Waals surface area contributed by atoms with Gasteiger partial charge in [-0.05, 0) is 25.2 Å². The minimum Gasteiger partial charge on any atom is -0.496 e. The Bertz CT molecular complexity index is 385. The van der Waals surface area contributed by atoms with Gasteiger partial charge in [-0.25, -0.2) is 0 Å². The Balaban J connectivity index is 2.53. The molecule has 1 aromatic rings. The molecule has 0 saturated heterocycles. The molecule has 0 saturated carbocycles. The Morgan fingerprint density at radius 1 is 1.33 bits per heavy atom. The molecule has 0 aliphatic heterocycles. The van der Waals surface area contributed by atoms with Gasteiger partial charge in [-0.3, -0.25) is 0 Å². The van der Waals surface area contributed by atoms with E-state index < -0.39 is 0 Å². The number of nitrogens with one attached hydrogen (secondary N) is 2. The van der Waals surface area contributed by atoms with E-state index in [1.807, 2.05) is 31.2 Å². The monoisotopic (exact) mass is 268 g/mol. The summed E-state index contributed by atoms with van der Waals surface area (Å²) in [7, 11) is 3.33. The molecule has 1 aromatic carbocycles. The summed E-state index contributed by atoms with van der Waals surface area (Å²) in [4.78, 5) is 0. The maximum Gasteiger partial charge on any atom is 0.166 e. The Kier molecular flexibility index (Phi) is 6.46. The van der Waals surface area contributed by atoms with Crippen molar-refractivity contribution in [1.29, 1.82) is 0 Å². The largest absolute Gasteiger partial charge is 0.496 e. The molecule has 0 bridgehead atoms. The summed E-state index contributed by atoms with van der Waals surface area (Å²) in [6, 6.07) is 7.98. The van der Waals surface area contributed by atoms with Gasteiger partial charge in [0.15, 0.2) is 5.11 Å². The van der Waals surface area contributed by atoms with Crippen LogP contribution in [0.3, 0.4) is 0 Å². The van der Waals surface area contributed by atoms with Crippen LogP contribution in [0.2, 0.25) is 0 Å². The third kappa shape index (κ3) is 4.50. The predicted octanol–water partition coefficient (Wildman–Crippen LogP) is 1.87. The average molecular weight is 268 g/mol. The van der Waals surface area contributed by atoms with Gasteiger partial charge in [0.2, 0.25) is 0 Å². The van der Waals surface area contributed by atoms with Crippen molar-refractivity contribution in [3.8, 4) is 5.75 Å². The summed E-state index contributed by atoms with van der Waals surface area (Å²) < 4.78 is 10.3. The van der Waals surface area contributed by atoms with E-state index in [0.29, 0.717) is 18.3 Å². The normalized spacial score (nSPS) is 11.7. The van der Waals surface area contributed by atoms with Crippen molar-refractivity contribution < 1.29 is 9.47 Å². The third-order valence-corrected chi connectivity index (χ3v) is 2.81. The molecular formula is C13H20N2O2S. The van der Waals surface area contributed by atoms with E-state index in [0.717, 1.165) is 11.3 Å². The zero-order valence-electron chi connectivity index (χ0n) is 11.0.